The number of nitrogens with zero attached hydrogens (tertiary/aromatic N) is 1. The number of hydrogen-bond acceptors (Lipinski definition) is 3. The number of aryl methyl sites for hydroxylation is 1. The Labute approximate surface area is 163 Å². The van der Waals surface area contributed by atoms with Gasteiger partial charge in [0.05, 0.1) is 16.3 Å². The van der Waals surface area contributed by atoms with Crippen molar-refractivity contribution in [2.75, 3.05) is 0 Å². The van der Waals surface area contributed by atoms with E-state index in [2.05, 4.69) is 27.8 Å². The summed E-state index contributed by atoms with van der Waals surface area (Å²) in [6, 6.07) is 12.1. The highest BCUT2D eigenvalue weighted by Crippen LogP contribution is 2.28. The van der Waals surface area contributed by atoms with E-state index in [0.717, 1.165) is 41.3 Å². The first-order valence-corrected chi connectivity index (χ1v) is 10.8. The summed E-state index contributed by atoms with van der Waals surface area (Å²) in [5.41, 5.74) is 12.4. The van der Waals surface area contributed by atoms with Gasteiger partial charge in [0.2, 0.25) is 9.84 Å². The topological polar surface area (TPSA) is 98.5 Å². The van der Waals surface area contributed by atoms with Crippen molar-refractivity contribution < 1.29 is 8.42 Å². The number of halogens is 1. The van der Waals surface area contributed by atoms with Crippen molar-refractivity contribution in [2.24, 2.45) is 16.5 Å². The van der Waals surface area contributed by atoms with E-state index in [1.54, 1.807) is 30.3 Å². The fourth-order valence-corrected chi connectivity index (χ4v) is 4.48. The third-order valence-corrected chi connectivity index (χ3v) is 6.42. The minimum atomic E-state index is -3.62. The van der Waals surface area contributed by atoms with Crippen LogP contribution in [0.2, 0.25) is 0 Å². The summed E-state index contributed by atoms with van der Waals surface area (Å²) < 4.78 is 27.2. The molecule has 0 radical (unpaired) electrons. The second kappa shape index (κ2) is 9.19. The minimum Gasteiger partial charge on any atom is -0.370 e. The Balaban J connectivity index is 2.47. The number of guanidine groups is 1. The summed E-state index contributed by atoms with van der Waals surface area (Å²) in [6.07, 6.45) is 3.82. The van der Waals surface area contributed by atoms with Crippen LogP contribution in [0.5, 0.6) is 0 Å². The molecular weight excluding hydrogens is 414 g/mol. The molecule has 0 bridgehead atoms. The number of sulfone groups is 1. The molecule has 7 heteroatoms. The quantitative estimate of drug-likeness (QED) is 0.372. The lowest BCUT2D eigenvalue weighted by molar-refractivity contribution is 0.593. The van der Waals surface area contributed by atoms with Crippen molar-refractivity contribution in [3.05, 3.63) is 58.1 Å². The molecule has 0 aromatic heterocycles. The van der Waals surface area contributed by atoms with Crippen molar-refractivity contribution in [1.82, 2.24) is 0 Å². The summed E-state index contributed by atoms with van der Waals surface area (Å²) in [7, 11) is -3.62. The Morgan fingerprint density at radius 3 is 2.38 bits per heavy atom. The third kappa shape index (κ3) is 5.32. The van der Waals surface area contributed by atoms with E-state index < -0.39 is 9.84 Å². The van der Waals surface area contributed by atoms with Crippen LogP contribution in [0.15, 0.2) is 61.7 Å². The summed E-state index contributed by atoms with van der Waals surface area (Å²) in [4.78, 5) is 4.59. The molecule has 0 aliphatic rings. The van der Waals surface area contributed by atoms with Gasteiger partial charge in [-0.3, -0.25) is 0 Å². The zero-order valence-corrected chi connectivity index (χ0v) is 17.2. The Bertz CT molecular complexity index is 874. The second-order valence-corrected chi connectivity index (χ2v) is 8.93. The number of aliphatic imine (C=N–C) groups is 1. The summed E-state index contributed by atoms with van der Waals surface area (Å²) in [5, 5.41) is 0. The van der Waals surface area contributed by atoms with Gasteiger partial charge in [0.15, 0.2) is 5.96 Å². The normalized spacial score (nSPS) is 11.3. The number of rotatable bonds is 8. The lowest BCUT2D eigenvalue weighted by atomic mass is 10.1. The zero-order chi connectivity index (χ0) is 19.2. The lowest BCUT2D eigenvalue weighted by Crippen LogP contribution is -2.22. The van der Waals surface area contributed by atoms with E-state index in [4.69, 9.17) is 11.5 Å². The van der Waals surface area contributed by atoms with Crippen molar-refractivity contribution >= 4 is 31.7 Å². The van der Waals surface area contributed by atoms with Gasteiger partial charge in [-0.1, -0.05) is 47.8 Å². The largest absolute Gasteiger partial charge is 0.370 e. The fourth-order valence-electron chi connectivity index (χ4n) is 2.64. The predicted octanol–water partition coefficient (Wildman–Crippen LogP) is 3.79. The number of hydrogen-bond donors (Lipinski definition) is 2. The van der Waals surface area contributed by atoms with Crippen LogP contribution in [0.25, 0.3) is 0 Å². The Kier molecular flexibility index (Phi) is 7.23. The molecule has 26 heavy (non-hydrogen) atoms. The van der Waals surface area contributed by atoms with Crippen molar-refractivity contribution in [2.45, 2.75) is 48.9 Å². The van der Waals surface area contributed by atoms with Gasteiger partial charge in [-0.2, -0.15) is 0 Å². The molecule has 0 unspecified atom stereocenters. The molecule has 0 heterocycles. The number of unbranched alkanes of at least 4 members (excludes halogenated alkanes) is 2. The van der Waals surface area contributed by atoms with Crippen LogP contribution in [-0.2, 0) is 22.8 Å². The van der Waals surface area contributed by atoms with Crippen LogP contribution >= 0.6 is 15.9 Å². The SMILES string of the molecule is CCCCCc1ccc(CN=C(N)N)cc1S(=O)(=O)c1ccc(Br)cc1. The standard InChI is InChI=1S/C19H24BrN3O2S/c1-2-3-4-5-15-7-6-14(13-23-19(21)22)12-18(15)26(24,25)17-10-8-16(20)9-11-17/h6-12H,2-5,13H2,1H3,(H4,21,22,23). The predicted molar refractivity (Wildman–Crippen MR) is 109 cm³/mol. The molecule has 4 N–H and O–H groups in total. The average molecular weight is 438 g/mol. The maximum absolute atomic E-state index is 13.2. The Morgan fingerprint density at radius 2 is 1.77 bits per heavy atom. The van der Waals surface area contributed by atoms with Crippen LogP contribution in [-0.4, -0.2) is 14.4 Å². The van der Waals surface area contributed by atoms with Gasteiger partial charge < -0.3 is 11.5 Å². The van der Waals surface area contributed by atoms with E-state index in [9.17, 15) is 8.42 Å². The molecule has 2 aromatic carbocycles. The highest BCUT2D eigenvalue weighted by Gasteiger charge is 2.21. The molecule has 0 spiro atoms. The van der Waals surface area contributed by atoms with E-state index in [0.29, 0.717) is 4.90 Å². The smallest absolute Gasteiger partial charge is 0.206 e. The van der Waals surface area contributed by atoms with Crippen molar-refractivity contribution in [3.8, 4) is 0 Å². The Morgan fingerprint density at radius 1 is 1.08 bits per heavy atom. The Hall–Kier alpha value is -1.86. The minimum absolute atomic E-state index is 0.0191. The van der Waals surface area contributed by atoms with Gasteiger partial charge in [-0.25, -0.2) is 13.4 Å². The number of nitrogens with two attached hydrogens (primary N) is 2. The summed E-state index contributed by atoms with van der Waals surface area (Å²) >= 11 is 3.34. The highest BCUT2D eigenvalue weighted by molar-refractivity contribution is 9.10. The average Bonchev–Trinajstić information content (AvgIpc) is 2.61. The molecule has 0 aliphatic carbocycles. The molecule has 2 aromatic rings. The van der Waals surface area contributed by atoms with Crippen LogP contribution in [0.1, 0.15) is 37.3 Å². The van der Waals surface area contributed by atoms with E-state index in [1.165, 1.54) is 0 Å². The van der Waals surface area contributed by atoms with Gasteiger partial charge in [-0.05, 0) is 54.3 Å². The first-order valence-electron chi connectivity index (χ1n) is 8.52. The van der Waals surface area contributed by atoms with Gasteiger partial charge in [0, 0.05) is 4.47 Å². The van der Waals surface area contributed by atoms with Gasteiger partial charge in [0.25, 0.3) is 0 Å². The summed E-state index contributed by atoms with van der Waals surface area (Å²) in [6.45, 7) is 2.37. The third-order valence-electron chi connectivity index (χ3n) is 4.04. The molecule has 0 fully saturated rings. The first-order chi connectivity index (χ1) is 12.3. The maximum Gasteiger partial charge on any atom is 0.206 e. The van der Waals surface area contributed by atoms with Crippen molar-refractivity contribution in [3.63, 3.8) is 0 Å². The zero-order valence-electron chi connectivity index (χ0n) is 14.8. The highest BCUT2D eigenvalue weighted by atomic mass is 79.9. The maximum atomic E-state index is 13.2. The molecule has 5 nitrogen and oxygen atoms in total. The lowest BCUT2D eigenvalue weighted by Gasteiger charge is -2.13. The molecule has 0 aliphatic heterocycles. The van der Waals surface area contributed by atoms with Crippen LogP contribution < -0.4 is 11.5 Å². The summed E-state index contributed by atoms with van der Waals surface area (Å²) in [5.74, 6) is -0.0191. The van der Waals surface area contributed by atoms with Crippen molar-refractivity contribution in [1.29, 1.82) is 0 Å². The molecule has 0 atom stereocenters. The second-order valence-electron chi connectivity index (χ2n) is 6.10. The van der Waals surface area contributed by atoms with Gasteiger partial charge >= 0.3 is 0 Å². The van der Waals surface area contributed by atoms with Gasteiger partial charge in [0.1, 0.15) is 0 Å². The molecule has 140 valence electrons. The fraction of sp³-hybridized carbons (Fsp3) is 0.316. The molecule has 0 saturated heterocycles. The van der Waals surface area contributed by atoms with Crippen LogP contribution in [0.4, 0.5) is 0 Å². The molecule has 0 saturated carbocycles. The first kappa shape index (κ1) is 20.5. The molecule has 0 amide bonds. The van der Waals surface area contributed by atoms with Gasteiger partial charge in [-0.15, -0.1) is 0 Å². The van der Waals surface area contributed by atoms with E-state index in [-0.39, 0.29) is 17.4 Å². The number of benzene rings is 2. The van der Waals surface area contributed by atoms with Crippen LogP contribution in [0, 0.1) is 0 Å². The molecule has 2 rings (SSSR count). The van der Waals surface area contributed by atoms with Crippen LogP contribution in [0.3, 0.4) is 0 Å². The monoisotopic (exact) mass is 437 g/mol. The van der Waals surface area contributed by atoms with E-state index >= 15 is 0 Å². The van der Waals surface area contributed by atoms with E-state index in [1.807, 2.05) is 12.1 Å². The molecular formula is C19H24BrN3O2S.